The average Bonchev–Trinajstić information content (AvgIpc) is 4.16. The molecule has 0 saturated carbocycles. The predicted molar refractivity (Wildman–Crippen MR) is 280 cm³/mol. The lowest BCUT2D eigenvalue weighted by Gasteiger charge is -2.33. The summed E-state index contributed by atoms with van der Waals surface area (Å²) in [5.41, 5.74) is 0.700. The Kier molecular flexibility index (Phi) is 20.3. The molecule has 3 aromatic rings. The molecule has 22 nitrogen and oxygen atoms in total. The highest BCUT2D eigenvalue weighted by Crippen LogP contribution is 2.36. The van der Waals surface area contributed by atoms with Crippen LogP contribution in [0.25, 0.3) is 10.9 Å². The van der Waals surface area contributed by atoms with Gasteiger partial charge in [-0.3, -0.25) is 38.4 Å². The van der Waals surface area contributed by atoms with Crippen LogP contribution in [0.1, 0.15) is 99.1 Å². The number of aromatic hydroxyl groups is 1. The van der Waals surface area contributed by atoms with Gasteiger partial charge in [-0.25, -0.2) is 5.21 Å². The summed E-state index contributed by atoms with van der Waals surface area (Å²) in [7, 11) is 2.66. The number of likely N-dealkylation sites (N-methyl/N-ethyl adjacent to an activating group) is 2. The number of aliphatic carboxylic acids is 1. The smallest absolute Gasteiger partial charge is 0.306 e. The van der Waals surface area contributed by atoms with Gasteiger partial charge in [0.2, 0.25) is 47.0 Å². The van der Waals surface area contributed by atoms with Gasteiger partial charge in [0.05, 0.1) is 18.1 Å². The molecular formula is C54H77N9O13. The monoisotopic (exact) mass is 1060 g/mol. The van der Waals surface area contributed by atoms with Crippen molar-refractivity contribution in [2.75, 3.05) is 20.7 Å². The van der Waals surface area contributed by atoms with E-state index in [4.69, 9.17) is 4.74 Å². The van der Waals surface area contributed by atoms with Crippen molar-refractivity contribution in [3.8, 4) is 5.75 Å². The molecule has 9 N–H and O–H groups in total. The highest BCUT2D eigenvalue weighted by atomic mass is 16.8. The third-order valence-corrected chi connectivity index (χ3v) is 14.2. The van der Waals surface area contributed by atoms with Gasteiger partial charge in [0.1, 0.15) is 48.4 Å². The number of nitrogens with one attached hydrogen (secondary N) is 6. The van der Waals surface area contributed by atoms with Crippen molar-refractivity contribution in [3.05, 3.63) is 77.1 Å². The number of fused-ring (bicyclic) bond motifs is 1. The fraction of sp³-hybridized carbons (Fsp3) is 0.556. The number of nitrogens with zero attached hydrogens (tertiary/aromatic N) is 3. The second kappa shape index (κ2) is 25.8. The summed E-state index contributed by atoms with van der Waals surface area (Å²) in [5.74, 6) is -9.18. The second-order valence-corrected chi connectivity index (χ2v) is 21.5. The quantitative estimate of drug-likeness (QED) is 0.0430. The second-order valence-electron chi connectivity index (χ2n) is 21.5. The molecule has 416 valence electrons. The lowest BCUT2D eigenvalue weighted by molar-refractivity contribution is -0.991. The number of phenols is 1. The zero-order valence-electron chi connectivity index (χ0n) is 45.3. The minimum Gasteiger partial charge on any atom is -0.595 e. The third kappa shape index (κ3) is 14.9. The molecule has 1 aromatic heterocycles. The fourth-order valence-electron chi connectivity index (χ4n) is 9.53. The van der Waals surface area contributed by atoms with Crippen LogP contribution in [-0.2, 0) is 61.5 Å². The predicted octanol–water partition coefficient (Wildman–Crippen LogP) is 1.95. The molecule has 0 aliphatic carbocycles. The van der Waals surface area contributed by atoms with Gasteiger partial charge in [-0.05, 0) is 88.5 Å². The van der Waals surface area contributed by atoms with Gasteiger partial charge in [0, 0.05) is 50.1 Å². The number of carboxylic acids is 1. The van der Waals surface area contributed by atoms with E-state index in [9.17, 15) is 54.2 Å². The van der Waals surface area contributed by atoms with Crippen LogP contribution in [0.2, 0.25) is 0 Å². The van der Waals surface area contributed by atoms with Crippen molar-refractivity contribution in [1.82, 2.24) is 41.0 Å². The molecule has 22 heteroatoms. The number of hydrogen-bond donors (Lipinski definition) is 9. The molecule has 2 aliphatic rings. The van der Waals surface area contributed by atoms with Gasteiger partial charge in [0.25, 0.3) is 0 Å². The largest absolute Gasteiger partial charge is 0.595 e. The molecule has 0 radical (unpaired) electrons. The zero-order valence-corrected chi connectivity index (χ0v) is 45.3. The maximum atomic E-state index is 15.3. The molecule has 3 heterocycles. The highest BCUT2D eigenvalue weighted by molar-refractivity contribution is 5.99. The first-order valence-corrected chi connectivity index (χ1v) is 25.8. The van der Waals surface area contributed by atoms with Crippen LogP contribution in [0.5, 0.6) is 5.75 Å². The first kappa shape index (κ1) is 60.0. The molecular weight excluding hydrogens is 983 g/mol. The number of hydrogen-bond acceptors (Lipinski definition) is 12. The number of carbonyl (C=O) groups excluding carboxylic acids is 7. The number of ether oxygens (including phenoxy) is 1. The molecule has 10 atom stereocenters. The minimum atomic E-state index is -1.56. The van der Waals surface area contributed by atoms with Gasteiger partial charge < -0.3 is 61.1 Å². The van der Waals surface area contributed by atoms with Crippen LogP contribution in [-0.4, -0.2) is 146 Å². The Balaban J connectivity index is 1.69. The number of para-hydroxylation sites is 1. The minimum absolute atomic E-state index is 0.0493. The molecule has 2 saturated heterocycles. The van der Waals surface area contributed by atoms with Crippen LogP contribution in [0.3, 0.4) is 0 Å². The lowest BCUT2D eigenvalue weighted by Crippen LogP contribution is -2.99. The number of amides is 7. The Bertz CT molecular complexity index is 2640. The zero-order chi connectivity index (χ0) is 56.5. The van der Waals surface area contributed by atoms with E-state index in [2.05, 4.69) is 31.2 Å². The Morgan fingerprint density at radius 3 is 1.92 bits per heavy atom. The van der Waals surface area contributed by atoms with Crippen LogP contribution in [0, 0.1) is 23.0 Å². The number of rotatable bonds is 16. The van der Waals surface area contributed by atoms with Crippen molar-refractivity contribution >= 4 is 63.9 Å². The summed E-state index contributed by atoms with van der Waals surface area (Å²) in [4.78, 5) is 117. The Morgan fingerprint density at radius 2 is 1.33 bits per heavy atom. The van der Waals surface area contributed by atoms with Crippen LogP contribution >= 0.6 is 0 Å². The van der Waals surface area contributed by atoms with E-state index in [1.165, 1.54) is 38.9 Å². The number of carboxylic acid groups (broad SMARTS) is 1. The molecule has 7 amide bonds. The fourth-order valence-corrected chi connectivity index (χ4v) is 9.53. The summed E-state index contributed by atoms with van der Waals surface area (Å²) < 4.78 is 7.82. The molecule has 0 spiro atoms. The molecule has 2 aromatic carbocycles. The van der Waals surface area contributed by atoms with Gasteiger partial charge in [-0.15, -0.1) is 0 Å². The third-order valence-electron chi connectivity index (χ3n) is 14.2. The molecule has 0 bridgehead atoms. The molecule has 5 rings (SSSR count). The molecule has 2 aliphatic heterocycles. The number of allylic oxidation sites excluding steroid dienone is 1. The summed E-state index contributed by atoms with van der Waals surface area (Å²) in [6.45, 7) is 16.3. The Labute approximate surface area is 443 Å². The lowest BCUT2D eigenvalue weighted by atomic mass is 9.97. The van der Waals surface area contributed by atoms with Crippen molar-refractivity contribution in [1.29, 1.82) is 0 Å². The highest BCUT2D eigenvalue weighted by Gasteiger charge is 2.43. The number of benzene rings is 2. The normalized spacial score (nSPS) is 25.0. The Morgan fingerprint density at radius 1 is 0.776 bits per heavy atom. The summed E-state index contributed by atoms with van der Waals surface area (Å²) in [6.07, 6.45) is 4.33. The number of epoxide rings is 1. The van der Waals surface area contributed by atoms with Gasteiger partial charge >= 0.3 is 5.97 Å². The van der Waals surface area contributed by atoms with Crippen molar-refractivity contribution < 1.29 is 63.7 Å². The summed E-state index contributed by atoms with van der Waals surface area (Å²) in [5, 5.41) is 55.2. The average molecular weight is 1060 g/mol. The van der Waals surface area contributed by atoms with E-state index in [1.807, 2.05) is 72.0 Å². The summed E-state index contributed by atoms with van der Waals surface area (Å²) in [6, 6.07) is 1.40. The summed E-state index contributed by atoms with van der Waals surface area (Å²) >= 11 is 0. The van der Waals surface area contributed by atoms with E-state index < -0.39 is 124 Å². The van der Waals surface area contributed by atoms with Crippen LogP contribution in [0.4, 0.5) is 5.69 Å². The number of phenolic OH excluding ortho intramolecular Hbond substituents is 1. The maximum Gasteiger partial charge on any atom is 0.306 e. The number of aromatic nitrogens is 1. The van der Waals surface area contributed by atoms with E-state index in [-0.39, 0.29) is 55.6 Å². The van der Waals surface area contributed by atoms with Crippen molar-refractivity contribution in [2.24, 2.45) is 17.8 Å². The standard InChI is InChI=1S/C54H77N9O13/c1-12-13-17-36-46(65)59-39(26-34-27-62(54(8,9)45-28-76-45)40-18-15-14-16-35(34)40)52(71)61(11)42(22-30(4)5)49(68)58-38(24-33-19-20-44(64)41(25-33)63(74)75)47(66)55-32(7)51(70)60(10)43(23-31(6)53(72)73)50(69)57-37(21-29(2)3)48(67)56-36/h12-16,18-20,25,27,29-32,36-39,42-43,45,63-64,74H,17,21-24,26,28H2,1-11H3,(H,55,66)(H,56,67)(H,57,69)(H,58,68)(H,59,65)(H,72,73). The topological polar surface area (TPSA) is 309 Å². The SMILES string of the molecule is CC=CCC1NC(=O)C(CC(C)C)NC(=O)C(CC(C)C(=O)O)N(C)C(=O)C(C)NC(=O)C(Cc2ccc(O)c([NH+]([O-])O)c2)NC(=O)C(CC(C)C)N(C)C(=O)C(Cc2cn(C(C)(C)C3CO3)c3ccccc23)NC1=O. The van der Waals surface area contributed by atoms with Crippen LogP contribution < -0.4 is 31.8 Å². The maximum absolute atomic E-state index is 15.3. The number of quaternary nitrogens is 1. The van der Waals surface area contributed by atoms with Crippen molar-refractivity contribution in [2.45, 2.75) is 155 Å². The molecule has 10 unspecified atom stereocenters. The van der Waals surface area contributed by atoms with Crippen molar-refractivity contribution in [3.63, 3.8) is 0 Å². The first-order chi connectivity index (χ1) is 35.7. The molecule has 2 fully saturated rings. The van der Waals surface area contributed by atoms with E-state index in [0.29, 0.717) is 12.2 Å². The van der Waals surface area contributed by atoms with E-state index >= 15 is 4.79 Å². The van der Waals surface area contributed by atoms with Gasteiger partial charge in [-0.1, -0.05) is 71.0 Å². The molecule has 76 heavy (non-hydrogen) atoms. The van der Waals surface area contributed by atoms with E-state index in [1.54, 1.807) is 19.1 Å². The first-order valence-electron chi connectivity index (χ1n) is 25.8. The van der Waals surface area contributed by atoms with Gasteiger partial charge in [-0.2, -0.15) is 5.23 Å². The van der Waals surface area contributed by atoms with Crippen LogP contribution in [0.15, 0.2) is 60.8 Å². The Hall–Kier alpha value is -6.88. The number of carbonyl (C=O) groups is 8. The van der Waals surface area contributed by atoms with E-state index in [0.717, 1.165) is 27.9 Å². The van der Waals surface area contributed by atoms with Gasteiger partial charge in [0.15, 0.2) is 5.75 Å².